The Hall–Kier alpha value is -0.830. The highest BCUT2D eigenvalue weighted by Gasteiger charge is 2.23. The highest BCUT2D eigenvalue weighted by Crippen LogP contribution is 2.30. The zero-order valence-electron chi connectivity index (χ0n) is 12.4. The van der Waals surface area contributed by atoms with E-state index in [4.69, 9.17) is 0 Å². The van der Waals surface area contributed by atoms with Crippen molar-refractivity contribution in [1.82, 2.24) is 5.32 Å². The SMILES string of the molecule is CC1CCC(NC(=O)c2csc3c2CCCCC3)CC1. The van der Waals surface area contributed by atoms with Crippen molar-refractivity contribution in [3.8, 4) is 0 Å². The molecule has 0 spiro atoms. The van der Waals surface area contributed by atoms with Gasteiger partial charge in [0.05, 0.1) is 5.56 Å². The lowest BCUT2D eigenvalue weighted by Crippen LogP contribution is -2.37. The number of nitrogens with one attached hydrogen (secondary N) is 1. The minimum atomic E-state index is 0.184. The second kappa shape index (κ2) is 6.30. The van der Waals surface area contributed by atoms with Crippen molar-refractivity contribution in [2.24, 2.45) is 5.92 Å². The van der Waals surface area contributed by atoms with Crippen molar-refractivity contribution in [2.75, 3.05) is 0 Å². The van der Waals surface area contributed by atoms with Crippen molar-refractivity contribution in [2.45, 2.75) is 70.8 Å². The van der Waals surface area contributed by atoms with Gasteiger partial charge in [0, 0.05) is 16.3 Å². The second-order valence-electron chi connectivity index (χ2n) is 6.54. The average molecular weight is 291 g/mol. The molecule has 1 N–H and O–H groups in total. The Morgan fingerprint density at radius 3 is 2.70 bits per heavy atom. The zero-order chi connectivity index (χ0) is 13.9. The van der Waals surface area contributed by atoms with Crippen molar-refractivity contribution in [1.29, 1.82) is 0 Å². The van der Waals surface area contributed by atoms with Gasteiger partial charge >= 0.3 is 0 Å². The summed E-state index contributed by atoms with van der Waals surface area (Å²) in [5, 5.41) is 5.37. The predicted octanol–water partition coefficient (Wildman–Crippen LogP) is 4.33. The number of hydrogen-bond acceptors (Lipinski definition) is 2. The van der Waals surface area contributed by atoms with Crippen LogP contribution >= 0.6 is 11.3 Å². The molecule has 1 saturated carbocycles. The maximum absolute atomic E-state index is 12.5. The zero-order valence-corrected chi connectivity index (χ0v) is 13.2. The van der Waals surface area contributed by atoms with E-state index in [1.165, 1.54) is 49.0 Å². The minimum Gasteiger partial charge on any atom is -0.349 e. The normalized spacial score (nSPS) is 26.6. The Morgan fingerprint density at radius 1 is 1.15 bits per heavy atom. The molecule has 20 heavy (non-hydrogen) atoms. The average Bonchev–Trinajstić information content (AvgIpc) is 2.71. The molecule has 0 aliphatic heterocycles. The van der Waals surface area contributed by atoms with E-state index < -0.39 is 0 Å². The van der Waals surface area contributed by atoms with Crippen LogP contribution < -0.4 is 5.32 Å². The molecule has 0 saturated heterocycles. The van der Waals surface area contributed by atoms with E-state index in [9.17, 15) is 4.79 Å². The first-order chi connectivity index (χ1) is 9.74. The van der Waals surface area contributed by atoms with Gasteiger partial charge in [0.2, 0.25) is 0 Å². The minimum absolute atomic E-state index is 0.184. The lowest BCUT2D eigenvalue weighted by Gasteiger charge is -2.27. The molecule has 1 fully saturated rings. The fourth-order valence-corrected chi connectivity index (χ4v) is 4.65. The first kappa shape index (κ1) is 14.1. The van der Waals surface area contributed by atoms with E-state index in [-0.39, 0.29) is 5.91 Å². The molecular formula is C17H25NOS. The van der Waals surface area contributed by atoms with Crippen molar-refractivity contribution < 1.29 is 4.79 Å². The highest BCUT2D eigenvalue weighted by atomic mass is 32.1. The van der Waals surface area contributed by atoms with E-state index in [1.807, 2.05) is 0 Å². The van der Waals surface area contributed by atoms with Gasteiger partial charge in [-0.25, -0.2) is 0 Å². The van der Waals surface area contributed by atoms with Crippen molar-refractivity contribution >= 4 is 17.2 Å². The number of carbonyl (C=O) groups excluding carboxylic acids is 1. The van der Waals surface area contributed by atoms with Crippen LogP contribution in [-0.2, 0) is 12.8 Å². The molecule has 2 nitrogen and oxygen atoms in total. The van der Waals surface area contributed by atoms with Crippen LogP contribution in [0, 0.1) is 5.92 Å². The number of thiophene rings is 1. The smallest absolute Gasteiger partial charge is 0.252 e. The molecule has 3 heteroatoms. The van der Waals surface area contributed by atoms with E-state index in [1.54, 1.807) is 11.3 Å². The van der Waals surface area contributed by atoms with Crippen molar-refractivity contribution in [3.05, 3.63) is 21.4 Å². The molecule has 3 rings (SSSR count). The Morgan fingerprint density at radius 2 is 1.90 bits per heavy atom. The second-order valence-corrected chi connectivity index (χ2v) is 7.51. The summed E-state index contributed by atoms with van der Waals surface area (Å²) in [6.07, 6.45) is 10.9. The Bertz CT molecular complexity index is 471. The molecule has 0 unspecified atom stereocenters. The van der Waals surface area contributed by atoms with Gasteiger partial charge in [0.15, 0.2) is 0 Å². The third kappa shape index (κ3) is 3.08. The van der Waals surface area contributed by atoms with Gasteiger partial charge in [-0.05, 0) is 62.8 Å². The first-order valence-electron chi connectivity index (χ1n) is 8.14. The number of rotatable bonds is 2. The summed E-state index contributed by atoms with van der Waals surface area (Å²) in [5.41, 5.74) is 2.33. The third-order valence-corrected chi connectivity index (χ3v) is 6.00. The van der Waals surface area contributed by atoms with Gasteiger partial charge in [-0.1, -0.05) is 13.3 Å². The van der Waals surface area contributed by atoms with Crippen LogP contribution in [0.1, 0.15) is 72.7 Å². The van der Waals surface area contributed by atoms with Crippen molar-refractivity contribution in [3.63, 3.8) is 0 Å². The molecule has 1 aromatic heterocycles. The first-order valence-corrected chi connectivity index (χ1v) is 9.02. The maximum atomic E-state index is 12.5. The molecule has 110 valence electrons. The molecule has 0 atom stereocenters. The fourth-order valence-electron chi connectivity index (χ4n) is 3.53. The summed E-state index contributed by atoms with van der Waals surface area (Å²) in [6.45, 7) is 2.32. The summed E-state index contributed by atoms with van der Waals surface area (Å²) >= 11 is 1.80. The summed E-state index contributed by atoms with van der Waals surface area (Å²) in [6, 6.07) is 0.403. The van der Waals surface area contributed by atoms with Crippen LogP contribution in [0.3, 0.4) is 0 Å². The molecule has 0 aromatic carbocycles. The summed E-state index contributed by atoms with van der Waals surface area (Å²) in [4.78, 5) is 14.0. The van der Waals surface area contributed by atoms with E-state index in [0.29, 0.717) is 6.04 Å². The summed E-state index contributed by atoms with van der Waals surface area (Å²) in [5.74, 6) is 1.02. The van der Waals surface area contributed by atoms with Gasteiger partial charge in [-0.15, -0.1) is 11.3 Å². The van der Waals surface area contributed by atoms with Gasteiger partial charge in [0.1, 0.15) is 0 Å². The van der Waals surface area contributed by atoms with Crippen LogP contribution in [-0.4, -0.2) is 11.9 Å². The van der Waals surface area contributed by atoms with Crippen LogP contribution in [0.5, 0.6) is 0 Å². The van der Waals surface area contributed by atoms with E-state index in [2.05, 4.69) is 17.6 Å². The fraction of sp³-hybridized carbons (Fsp3) is 0.706. The highest BCUT2D eigenvalue weighted by molar-refractivity contribution is 7.10. The number of fused-ring (bicyclic) bond motifs is 1. The molecule has 1 amide bonds. The van der Waals surface area contributed by atoms with Gasteiger partial charge in [-0.2, -0.15) is 0 Å². The molecule has 2 aliphatic carbocycles. The van der Waals surface area contributed by atoms with Crippen LogP contribution in [0.25, 0.3) is 0 Å². The molecule has 1 heterocycles. The topological polar surface area (TPSA) is 29.1 Å². The quantitative estimate of drug-likeness (QED) is 0.808. The Balaban J connectivity index is 1.67. The lowest BCUT2D eigenvalue weighted by molar-refractivity contribution is 0.0922. The van der Waals surface area contributed by atoms with E-state index >= 15 is 0 Å². The molecule has 1 aromatic rings. The number of amides is 1. The Labute approximate surface area is 126 Å². The van der Waals surface area contributed by atoms with Crippen LogP contribution in [0.4, 0.5) is 0 Å². The summed E-state index contributed by atoms with van der Waals surface area (Å²) in [7, 11) is 0. The van der Waals surface area contributed by atoms with E-state index in [0.717, 1.165) is 30.7 Å². The van der Waals surface area contributed by atoms with Gasteiger partial charge < -0.3 is 5.32 Å². The monoisotopic (exact) mass is 291 g/mol. The van der Waals surface area contributed by atoms with Gasteiger partial charge in [0.25, 0.3) is 5.91 Å². The third-order valence-electron chi connectivity index (χ3n) is 4.91. The largest absolute Gasteiger partial charge is 0.349 e. The Kier molecular flexibility index (Phi) is 4.45. The number of hydrogen-bond donors (Lipinski definition) is 1. The molecule has 0 radical (unpaired) electrons. The molecule has 0 bridgehead atoms. The summed E-state index contributed by atoms with van der Waals surface area (Å²) < 4.78 is 0. The molecule has 2 aliphatic rings. The van der Waals surface area contributed by atoms with Crippen LogP contribution in [0.15, 0.2) is 5.38 Å². The standard InChI is InChI=1S/C17H25NOS/c1-12-7-9-13(10-8-12)18-17(19)15-11-20-16-6-4-2-3-5-14(15)16/h11-13H,2-10H2,1H3,(H,18,19). The number of aryl methyl sites for hydroxylation is 1. The number of carbonyl (C=O) groups is 1. The molecular weight excluding hydrogens is 266 g/mol. The van der Waals surface area contributed by atoms with Gasteiger partial charge in [-0.3, -0.25) is 4.79 Å². The predicted molar refractivity (Wildman–Crippen MR) is 84.5 cm³/mol. The lowest BCUT2D eigenvalue weighted by atomic mass is 9.87. The maximum Gasteiger partial charge on any atom is 0.252 e. The van der Waals surface area contributed by atoms with Crippen LogP contribution in [0.2, 0.25) is 0 Å².